The first-order valence-electron chi connectivity index (χ1n) is 20.8. The number of carbonyl (C=O) groups is 4. The molecule has 15 nitrogen and oxygen atoms in total. The second kappa shape index (κ2) is 25.1. The van der Waals surface area contributed by atoms with Crippen molar-refractivity contribution in [3.63, 3.8) is 0 Å². The molecule has 4 N–H and O–H groups in total. The lowest BCUT2D eigenvalue weighted by Crippen LogP contribution is -2.45. The summed E-state index contributed by atoms with van der Waals surface area (Å²) in [5, 5.41) is 22.2. The predicted molar refractivity (Wildman–Crippen MR) is 251 cm³/mol. The maximum absolute atomic E-state index is 12.4. The third-order valence-electron chi connectivity index (χ3n) is 8.83. The Balaban J connectivity index is 0.000000297. The van der Waals surface area contributed by atoms with E-state index in [1.54, 1.807) is 90.1 Å². The van der Waals surface area contributed by atoms with E-state index in [4.69, 9.17) is 33.2 Å². The van der Waals surface area contributed by atoms with E-state index in [9.17, 15) is 27.6 Å². The third-order valence-corrected chi connectivity index (χ3v) is 10.1. The highest BCUT2D eigenvalue weighted by atomic mass is 32.2. The topological polar surface area (TPSA) is 213 Å². The molecule has 352 valence electrons. The molecule has 0 aliphatic rings. The van der Waals surface area contributed by atoms with Crippen LogP contribution in [0.3, 0.4) is 0 Å². The summed E-state index contributed by atoms with van der Waals surface area (Å²) >= 11 is 0. The van der Waals surface area contributed by atoms with Crippen molar-refractivity contribution >= 4 is 46.8 Å². The van der Waals surface area contributed by atoms with Gasteiger partial charge in [0, 0.05) is 12.8 Å². The summed E-state index contributed by atoms with van der Waals surface area (Å²) in [5.74, 6) is -1.02. The number of hydrogen-bond acceptors (Lipinski definition) is 13. The van der Waals surface area contributed by atoms with Crippen molar-refractivity contribution in [2.45, 2.75) is 89.5 Å². The number of ether oxygens (including phenoxy) is 4. The van der Waals surface area contributed by atoms with Crippen LogP contribution in [0, 0.1) is 6.92 Å². The molecular weight excluding hydrogens is 867 g/mol. The van der Waals surface area contributed by atoms with Crippen LogP contribution in [0.4, 0.5) is 9.59 Å². The van der Waals surface area contributed by atoms with E-state index in [1.165, 1.54) is 38.5 Å². The maximum Gasteiger partial charge on any atom is 0.488 e. The highest BCUT2D eigenvalue weighted by Gasteiger charge is 2.27. The molecule has 0 fully saturated rings. The summed E-state index contributed by atoms with van der Waals surface area (Å²) < 4.78 is 49.9. The van der Waals surface area contributed by atoms with Gasteiger partial charge in [0.15, 0.2) is 0 Å². The molecule has 66 heavy (non-hydrogen) atoms. The van der Waals surface area contributed by atoms with E-state index >= 15 is 0 Å². The summed E-state index contributed by atoms with van der Waals surface area (Å²) in [6.45, 7) is 12.3. The zero-order chi connectivity index (χ0) is 49.1. The van der Waals surface area contributed by atoms with Crippen molar-refractivity contribution in [1.29, 1.82) is 0 Å². The van der Waals surface area contributed by atoms with E-state index in [0.29, 0.717) is 17.4 Å². The van der Waals surface area contributed by atoms with Crippen molar-refractivity contribution in [1.82, 2.24) is 10.6 Å². The van der Waals surface area contributed by atoms with E-state index in [1.807, 2.05) is 67.6 Å². The lowest BCUT2D eigenvalue weighted by atomic mass is 9.81. The number of alkyl carbamates (subject to hydrolysis) is 2. The molecule has 5 aromatic carbocycles. The number of methoxy groups -OCH3 is 2. The number of benzene rings is 5. The van der Waals surface area contributed by atoms with Crippen LogP contribution in [0.25, 0.3) is 11.1 Å². The van der Waals surface area contributed by atoms with Crippen LogP contribution in [0.2, 0.25) is 0 Å². The molecule has 2 atom stereocenters. The molecule has 0 aliphatic heterocycles. The molecule has 5 rings (SSSR count). The lowest BCUT2D eigenvalue weighted by molar-refractivity contribution is -0.143. The van der Waals surface area contributed by atoms with Gasteiger partial charge in [0.1, 0.15) is 33.9 Å². The summed E-state index contributed by atoms with van der Waals surface area (Å²) in [5.41, 5.74) is 3.89. The molecule has 0 radical (unpaired) electrons. The minimum atomic E-state index is -3.96. The van der Waals surface area contributed by atoms with Crippen LogP contribution in [0.15, 0.2) is 138 Å². The Bertz CT molecular complexity index is 2400. The van der Waals surface area contributed by atoms with Gasteiger partial charge in [0.25, 0.3) is 0 Å². The van der Waals surface area contributed by atoms with E-state index in [0.717, 1.165) is 22.3 Å². The number of nitrogens with one attached hydrogen (secondary N) is 2. The van der Waals surface area contributed by atoms with Crippen molar-refractivity contribution in [3.8, 4) is 16.9 Å². The summed E-state index contributed by atoms with van der Waals surface area (Å²) in [4.78, 5) is 48.1. The Kier molecular flexibility index (Phi) is 20.4. The van der Waals surface area contributed by atoms with Crippen molar-refractivity contribution < 1.29 is 60.8 Å². The fourth-order valence-corrected chi connectivity index (χ4v) is 6.62. The third kappa shape index (κ3) is 19.6. The first-order valence-corrected chi connectivity index (χ1v) is 22.2. The van der Waals surface area contributed by atoms with Crippen molar-refractivity contribution in [2.75, 3.05) is 14.2 Å². The van der Waals surface area contributed by atoms with E-state index in [2.05, 4.69) is 10.6 Å². The first-order chi connectivity index (χ1) is 31.0. The fourth-order valence-electron chi connectivity index (χ4n) is 5.69. The number of aryl methyl sites for hydroxylation is 1. The number of carbonyl (C=O) groups excluding carboxylic acids is 4. The van der Waals surface area contributed by atoms with Gasteiger partial charge in [-0.25, -0.2) is 19.2 Å². The standard InChI is InChI=1S/C22H27NO7S.C21H25NO4.C6H7BO2/c1-15-6-12-18(13-7-15)31(26,27)30-17-10-8-16(9-11-17)14-19(20(24)28-5)23-21(25)29-22(2,3)4;1-21(2,3)26-20(24)22-18(19(23)25-4)14-15-10-12-17(13-11-15)16-8-6-5-7-9-16;8-7(9)6-4-2-1-3-5-6/h6-13,19H,14H2,1-5H3,(H,23,25);5-13,18H,14H2,1-4H3,(H,22,24);1-5,8-9H/t19-;18-;/m00./s1. The average Bonchev–Trinajstić information content (AvgIpc) is 3.26. The largest absolute Gasteiger partial charge is 0.488 e. The van der Waals surface area contributed by atoms with Crippen LogP contribution in [-0.4, -0.2) is 87.2 Å². The molecule has 0 aliphatic carbocycles. The van der Waals surface area contributed by atoms with Gasteiger partial charge in [-0.1, -0.05) is 115 Å². The maximum atomic E-state index is 12.4. The zero-order valence-corrected chi connectivity index (χ0v) is 39.5. The smallest absolute Gasteiger partial charge is 0.467 e. The Morgan fingerprint density at radius 2 is 0.970 bits per heavy atom. The summed E-state index contributed by atoms with van der Waals surface area (Å²) in [7, 11) is -2.79. The molecule has 0 aromatic heterocycles. The SMILES string of the molecule is COC(=O)[C@H](Cc1ccc(-c2ccccc2)cc1)NC(=O)OC(C)(C)C.COC(=O)[C@H](Cc1ccc(OS(=O)(=O)c2ccc(C)cc2)cc1)NC(=O)OC(C)(C)C.OB(O)c1ccccc1. The number of rotatable bonds is 13. The van der Waals surface area contributed by atoms with Gasteiger partial charge in [0.2, 0.25) is 0 Å². The van der Waals surface area contributed by atoms with Gasteiger partial charge in [0.05, 0.1) is 14.2 Å². The Morgan fingerprint density at radius 1 is 0.576 bits per heavy atom. The van der Waals surface area contributed by atoms with Gasteiger partial charge in [-0.3, -0.25) is 0 Å². The summed E-state index contributed by atoms with van der Waals surface area (Å²) in [6, 6.07) is 37.2. The number of hydrogen-bond donors (Lipinski definition) is 4. The monoisotopic (exact) mass is 926 g/mol. The molecule has 0 saturated carbocycles. The molecule has 17 heteroatoms. The van der Waals surface area contributed by atoms with Gasteiger partial charge in [-0.2, -0.15) is 8.42 Å². The highest BCUT2D eigenvalue weighted by Crippen LogP contribution is 2.22. The average molecular weight is 927 g/mol. The fraction of sp³-hybridized carbons (Fsp3) is 0.306. The Labute approximate surface area is 387 Å². The van der Waals surface area contributed by atoms with Crippen molar-refractivity contribution in [2.24, 2.45) is 0 Å². The van der Waals surface area contributed by atoms with Crippen LogP contribution in [0.5, 0.6) is 5.75 Å². The minimum absolute atomic E-state index is 0.0505. The number of amides is 2. The van der Waals surface area contributed by atoms with Crippen molar-refractivity contribution in [3.05, 3.63) is 150 Å². The van der Waals surface area contributed by atoms with Gasteiger partial charge in [-0.05, 0) is 100 Å². The van der Waals surface area contributed by atoms with Crippen LogP contribution >= 0.6 is 0 Å². The summed E-state index contributed by atoms with van der Waals surface area (Å²) in [6.07, 6.45) is -0.946. The minimum Gasteiger partial charge on any atom is -0.467 e. The zero-order valence-electron chi connectivity index (χ0n) is 38.6. The van der Waals surface area contributed by atoms with E-state index in [-0.39, 0.29) is 17.1 Å². The molecule has 0 spiro atoms. The molecule has 2 amide bonds. The normalized spacial score (nSPS) is 11.9. The quantitative estimate of drug-likeness (QED) is 0.0420. The molecule has 0 saturated heterocycles. The molecular formula is C49H59BN2O13S. The highest BCUT2D eigenvalue weighted by molar-refractivity contribution is 7.87. The van der Waals surface area contributed by atoms with Crippen LogP contribution in [-0.2, 0) is 51.5 Å². The molecule has 0 bridgehead atoms. The Morgan fingerprint density at radius 3 is 1.35 bits per heavy atom. The molecule has 0 heterocycles. The lowest BCUT2D eigenvalue weighted by Gasteiger charge is -2.22. The predicted octanol–water partition coefficient (Wildman–Crippen LogP) is 6.70. The molecule has 0 unspecified atom stereocenters. The second-order valence-electron chi connectivity index (χ2n) is 16.7. The van der Waals surface area contributed by atoms with Gasteiger partial charge in [-0.15, -0.1) is 0 Å². The first kappa shape index (κ1) is 53.7. The van der Waals surface area contributed by atoms with Crippen LogP contribution in [0.1, 0.15) is 58.2 Å². The van der Waals surface area contributed by atoms with E-state index < -0.39 is 64.6 Å². The van der Waals surface area contributed by atoms with Gasteiger partial charge < -0.3 is 43.8 Å². The second-order valence-corrected chi connectivity index (χ2v) is 18.2. The Hall–Kier alpha value is -6.69. The number of esters is 2. The molecule has 5 aromatic rings. The van der Waals surface area contributed by atoms with Crippen LogP contribution < -0.4 is 20.3 Å². The van der Waals surface area contributed by atoms with Gasteiger partial charge >= 0.3 is 41.4 Å².